The Morgan fingerprint density at radius 2 is 2.04 bits per heavy atom. The molecule has 0 atom stereocenters. The zero-order valence-electron chi connectivity index (χ0n) is 15.2. The minimum absolute atomic E-state index is 0.0668. The second-order valence-electron chi connectivity index (χ2n) is 6.45. The average molecular weight is 356 g/mol. The van der Waals surface area contributed by atoms with Crippen LogP contribution < -0.4 is 10.2 Å². The lowest BCUT2D eigenvalue weighted by atomic mass is 9.95. The average Bonchev–Trinajstić information content (AvgIpc) is 2.66. The van der Waals surface area contributed by atoms with Crippen LogP contribution >= 0.6 is 0 Å². The van der Waals surface area contributed by atoms with Gasteiger partial charge in [-0.2, -0.15) is 0 Å². The predicted molar refractivity (Wildman–Crippen MR) is 98.9 cm³/mol. The fraction of sp³-hybridized carbons (Fsp3) is 0.474. The molecule has 26 heavy (non-hydrogen) atoms. The summed E-state index contributed by atoms with van der Waals surface area (Å²) in [5.74, 6) is 0.349. The number of nitrogens with zero attached hydrogens (tertiary/aromatic N) is 3. The monoisotopic (exact) mass is 356 g/mol. The van der Waals surface area contributed by atoms with Gasteiger partial charge in [0.1, 0.15) is 18.7 Å². The molecule has 1 saturated heterocycles. The number of nitrogens with one attached hydrogen (secondary N) is 1. The lowest BCUT2D eigenvalue weighted by Gasteiger charge is -2.32. The van der Waals surface area contributed by atoms with Gasteiger partial charge in [0.25, 0.3) is 0 Å². The van der Waals surface area contributed by atoms with E-state index >= 15 is 0 Å². The number of esters is 1. The van der Waals surface area contributed by atoms with Crippen molar-refractivity contribution in [2.45, 2.75) is 26.7 Å². The van der Waals surface area contributed by atoms with Crippen LogP contribution in [0.5, 0.6) is 0 Å². The van der Waals surface area contributed by atoms with Crippen LogP contribution in [0.1, 0.15) is 25.3 Å². The smallest absolute Gasteiger partial charge is 0.325 e. The highest BCUT2D eigenvalue weighted by molar-refractivity contribution is 5.91. The second-order valence-corrected chi connectivity index (χ2v) is 6.45. The normalized spacial score (nSPS) is 15.1. The molecule has 0 radical (unpaired) electrons. The maximum Gasteiger partial charge on any atom is 0.325 e. The summed E-state index contributed by atoms with van der Waals surface area (Å²) in [5, 5.41) is 3.71. The van der Waals surface area contributed by atoms with E-state index in [4.69, 9.17) is 4.74 Å². The molecule has 7 nitrogen and oxygen atoms in total. The van der Waals surface area contributed by atoms with Crippen molar-refractivity contribution < 1.29 is 14.3 Å². The first-order valence-corrected chi connectivity index (χ1v) is 8.98. The van der Waals surface area contributed by atoms with E-state index in [0.717, 1.165) is 48.2 Å². The molecule has 1 aliphatic rings. The van der Waals surface area contributed by atoms with Crippen molar-refractivity contribution in [3.8, 4) is 0 Å². The summed E-state index contributed by atoms with van der Waals surface area (Å²) < 4.78 is 4.83. The SMILES string of the molecule is CCOC(=O)CNC(=O)C1CCN(c2ncnc3c(C)cccc23)CC1. The number of piperidine rings is 1. The Bertz CT molecular complexity index is 800. The third kappa shape index (κ3) is 3.92. The number of aromatic nitrogens is 2. The van der Waals surface area contributed by atoms with Crippen molar-refractivity contribution in [2.24, 2.45) is 5.92 Å². The molecule has 7 heteroatoms. The molecule has 138 valence electrons. The van der Waals surface area contributed by atoms with E-state index in [9.17, 15) is 9.59 Å². The fourth-order valence-corrected chi connectivity index (χ4v) is 3.34. The summed E-state index contributed by atoms with van der Waals surface area (Å²) in [5.41, 5.74) is 2.09. The van der Waals surface area contributed by atoms with Gasteiger partial charge in [0, 0.05) is 24.4 Å². The van der Waals surface area contributed by atoms with Gasteiger partial charge in [-0.25, -0.2) is 9.97 Å². The Hall–Kier alpha value is -2.70. The number of hydrogen-bond donors (Lipinski definition) is 1. The van der Waals surface area contributed by atoms with E-state index in [1.807, 2.05) is 25.1 Å². The largest absolute Gasteiger partial charge is 0.465 e. The van der Waals surface area contributed by atoms with Gasteiger partial charge in [-0.15, -0.1) is 0 Å². The van der Waals surface area contributed by atoms with Gasteiger partial charge >= 0.3 is 5.97 Å². The van der Waals surface area contributed by atoms with Crippen LogP contribution in [0, 0.1) is 12.8 Å². The van der Waals surface area contributed by atoms with E-state index in [-0.39, 0.29) is 18.4 Å². The van der Waals surface area contributed by atoms with Gasteiger partial charge < -0.3 is 15.0 Å². The lowest BCUT2D eigenvalue weighted by Crippen LogP contribution is -2.42. The van der Waals surface area contributed by atoms with Crippen LogP contribution in [0.4, 0.5) is 5.82 Å². The minimum Gasteiger partial charge on any atom is -0.465 e. The van der Waals surface area contributed by atoms with Crippen molar-refractivity contribution in [3.05, 3.63) is 30.1 Å². The van der Waals surface area contributed by atoms with Crippen LogP contribution in [0.15, 0.2) is 24.5 Å². The summed E-state index contributed by atoms with van der Waals surface area (Å²) in [6, 6.07) is 6.09. The molecule has 2 aromatic rings. The molecule has 0 saturated carbocycles. The molecule has 3 rings (SSSR count). The maximum atomic E-state index is 12.2. The highest BCUT2D eigenvalue weighted by atomic mass is 16.5. The minimum atomic E-state index is -0.402. The first-order chi connectivity index (χ1) is 12.6. The van der Waals surface area contributed by atoms with Gasteiger partial charge in [0.2, 0.25) is 5.91 Å². The molecule has 0 aliphatic carbocycles. The Balaban J connectivity index is 1.61. The Kier molecular flexibility index (Phi) is 5.65. The van der Waals surface area contributed by atoms with Crippen molar-refractivity contribution in [2.75, 3.05) is 31.1 Å². The van der Waals surface area contributed by atoms with Gasteiger partial charge in [0.05, 0.1) is 12.1 Å². The molecule has 1 amide bonds. The maximum absolute atomic E-state index is 12.2. The molecule has 1 aromatic carbocycles. The second kappa shape index (κ2) is 8.12. The zero-order chi connectivity index (χ0) is 18.5. The molecule has 0 bridgehead atoms. The number of fused-ring (bicyclic) bond motifs is 1. The molecule has 1 N–H and O–H groups in total. The molecular weight excluding hydrogens is 332 g/mol. The molecule has 0 spiro atoms. The molecule has 1 fully saturated rings. The Labute approximate surface area is 152 Å². The number of ether oxygens (including phenoxy) is 1. The van der Waals surface area contributed by atoms with Gasteiger partial charge in [-0.1, -0.05) is 12.1 Å². The number of aryl methyl sites for hydroxylation is 1. The summed E-state index contributed by atoms with van der Waals surface area (Å²) >= 11 is 0. The molecule has 0 unspecified atom stereocenters. The summed E-state index contributed by atoms with van der Waals surface area (Å²) in [6.07, 6.45) is 3.06. The van der Waals surface area contributed by atoms with E-state index in [2.05, 4.69) is 20.2 Å². The van der Waals surface area contributed by atoms with Gasteiger partial charge in [-0.05, 0) is 38.3 Å². The van der Waals surface area contributed by atoms with Crippen molar-refractivity contribution >= 4 is 28.6 Å². The fourth-order valence-electron chi connectivity index (χ4n) is 3.34. The zero-order valence-corrected chi connectivity index (χ0v) is 15.2. The number of anilines is 1. The number of carbonyl (C=O) groups excluding carboxylic acids is 2. The van der Waals surface area contributed by atoms with E-state index in [0.29, 0.717) is 6.61 Å². The number of benzene rings is 1. The van der Waals surface area contributed by atoms with Crippen LogP contribution in [-0.2, 0) is 14.3 Å². The number of para-hydroxylation sites is 1. The van der Waals surface area contributed by atoms with E-state index in [1.165, 1.54) is 0 Å². The molecule has 1 aromatic heterocycles. The van der Waals surface area contributed by atoms with Crippen LogP contribution in [0.3, 0.4) is 0 Å². The first-order valence-electron chi connectivity index (χ1n) is 8.98. The summed E-state index contributed by atoms with van der Waals surface area (Å²) in [7, 11) is 0. The number of rotatable bonds is 5. The number of carbonyl (C=O) groups is 2. The van der Waals surface area contributed by atoms with Crippen molar-refractivity contribution in [1.29, 1.82) is 0 Å². The standard InChI is InChI=1S/C19H24N4O3/c1-3-26-16(24)11-20-19(25)14-7-9-23(10-8-14)18-15-6-4-5-13(2)17(15)21-12-22-18/h4-6,12,14H,3,7-11H2,1-2H3,(H,20,25). The Morgan fingerprint density at radius 1 is 1.27 bits per heavy atom. The van der Waals surface area contributed by atoms with E-state index < -0.39 is 5.97 Å². The predicted octanol–water partition coefficient (Wildman–Crippen LogP) is 1.83. The quantitative estimate of drug-likeness (QED) is 0.823. The van der Waals surface area contributed by atoms with Crippen molar-refractivity contribution in [1.82, 2.24) is 15.3 Å². The third-order valence-corrected chi connectivity index (χ3v) is 4.72. The van der Waals surface area contributed by atoms with Crippen LogP contribution in [0.2, 0.25) is 0 Å². The first kappa shape index (κ1) is 18.1. The van der Waals surface area contributed by atoms with E-state index in [1.54, 1.807) is 13.3 Å². The van der Waals surface area contributed by atoms with Crippen molar-refractivity contribution in [3.63, 3.8) is 0 Å². The Morgan fingerprint density at radius 3 is 2.77 bits per heavy atom. The molecule has 1 aliphatic heterocycles. The van der Waals surface area contributed by atoms with Crippen LogP contribution in [0.25, 0.3) is 10.9 Å². The number of amides is 1. The number of hydrogen-bond acceptors (Lipinski definition) is 6. The third-order valence-electron chi connectivity index (χ3n) is 4.72. The highest BCUT2D eigenvalue weighted by Gasteiger charge is 2.26. The molecular formula is C19H24N4O3. The lowest BCUT2D eigenvalue weighted by molar-refractivity contribution is -0.143. The topological polar surface area (TPSA) is 84.4 Å². The summed E-state index contributed by atoms with van der Waals surface area (Å²) in [4.78, 5) is 34.7. The van der Waals surface area contributed by atoms with Crippen LogP contribution in [-0.4, -0.2) is 48.1 Å². The van der Waals surface area contributed by atoms with Gasteiger partial charge in [-0.3, -0.25) is 9.59 Å². The summed E-state index contributed by atoms with van der Waals surface area (Å²) in [6.45, 7) is 5.53. The highest BCUT2D eigenvalue weighted by Crippen LogP contribution is 2.28. The molecule has 2 heterocycles. The van der Waals surface area contributed by atoms with Gasteiger partial charge in [0.15, 0.2) is 0 Å².